The third-order valence-corrected chi connectivity index (χ3v) is 2.15. The third-order valence-electron chi connectivity index (χ3n) is 2.15. The Kier molecular flexibility index (Phi) is 2.40. The fourth-order valence-corrected chi connectivity index (χ4v) is 1.42. The Balaban J connectivity index is 2.65. The van der Waals surface area contributed by atoms with Gasteiger partial charge in [-0.3, -0.25) is 5.41 Å². The highest BCUT2D eigenvalue weighted by atomic mass is 16.7. The van der Waals surface area contributed by atoms with Crippen molar-refractivity contribution in [2.75, 3.05) is 6.61 Å². The molecule has 2 aromatic heterocycles. The van der Waals surface area contributed by atoms with Crippen LogP contribution in [0.2, 0.25) is 0 Å². The minimum absolute atomic E-state index is 0.231. The summed E-state index contributed by atoms with van der Waals surface area (Å²) in [7, 11) is 0. The molecule has 0 spiro atoms. The second-order valence-corrected chi connectivity index (χ2v) is 3.04. The molecule has 0 bridgehead atoms. The first-order chi connectivity index (χ1) is 7.27. The Morgan fingerprint density at radius 1 is 1.33 bits per heavy atom. The summed E-state index contributed by atoms with van der Waals surface area (Å²) >= 11 is 0. The minimum atomic E-state index is 0.231. The molecule has 0 saturated carbocycles. The number of nitrogens with one attached hydrogen (secondary N) is 1. The number of rotatable bonds is 3. The molecule has 1 N–H and O–H groups in total. The van der Waals surface area contributed by atoms with Gasteiger partial charge in [0.1, 0.15) is 12.9 Å². The van der Waals surface area contributed by atoms with Crippen molar-refractivity contribution in [3.8, 4) is 0 Å². The number of aromatic nitrogens is 4. The maximum Gasteiger partial charge on any atom is 0.192 e. The van der Waals surface area contributed by atoms with E-state index in [1.165, 1.54) is 11.1 Å². The number of nitrogens with zero attached hydrogens (tertiary/aromatic N) is 4. The molecule has 2 rings (SSSR count). The maximum absolute atomic E-state index is 7.85. The molecule has 0 saturated heterocycles. The summed E-state index contributed by atoms with van der Waals surface area (Å²) in [5.74, 6) is 0. The molecule has 6 nitrogen and oxygen atoms in total. The van der Waals surface area contributed by atoms with Crippen molar-refractivity contribution < 1.29 is 4.84 Å². The minimum Gasteiger partial charge on any atom is -0.411 e. The first-order valence-corrected chi connectivity index (χ1v) is 4.88. The molecule has 0 fully saturated rings. The lowest BCUT2D eigenvalue weighted by Crippen LogP contribution is -2.27. The van der Waals surface area contributed by atoms with Crippen LogP contribution in [0.1, 0.15) is 13.8 Å². The number of fused-ring (bicyclic) bond motifs is 1. The fraction of sp³-hybridized carbons (Fsp3) is 0.444. The summed E-state index contributed by atoms with van der Waals surface area (Å²) in [4.78, 5) is 13.6. The van der Waals surface area contributed by atoms with E-state index in [1.807, 2.05) is 18.4 Å². The molecular formula is C9H13N5O. The largest absolute Gasteiger partial charge is 0.411 e. The van der Waals surface area contributed by atoms with Crippen LogP contribution in [-0.4, -0.2) is 25.9 Å². The Hall–Kier alpha value is -1.85. The molecule has 0 aliphatic heterocycles. The van der Waals surface area contributed by atoms with Crippen molar-refractivity contribution in [1.82, 2.24) is 19.3 Å². The van der Waals surface area contributed by atoms with Crippen LogP contribution in [0.4, 0.5) is 0 Å². The van der Waals surface area contributed by atoms with Gasteiger partial charge >= 0.3 is 0 Å². The Bertz CT molecular complexity index is 527. The molecule has 2 aromatic rings. The molecule has 0 aliphatic carbocycles. The summed E-state index contributed by atoms with van der Waals surface area (Å²) in [5.41, 5.74) is 1.51. The van der Waals surface area contributed by atoms with E-state index in [4.69, 9.17) is 10.2 Å². The topological polar surface area (TPSA) is 68.7 Å². The lowest BCUT2D eigenvalue weighted by Gasteiger charge is -2.06. The number of imidazole rings is 1. The highest BCUT2D eigenvalue weighted by molar-refractivity contribution is 5.68. The molecule has 0 radical (unpaired) electrons. The van der Waals surface area contributed by atoms with E-state index in [0.29, 0.717) is 12.1 Å². The molecule has 80 valence electrons. The Morgan fingerprint density at radius 2 is 2.13 bits per heavy atom. The Morgan fingerprint density at radius 3 is 2.80 bits per heavy atom. The van der Waals surface area contributed by atoms with Gasteiger partial charge in [0.2, 0.25) is 0 Å². The van der Waals surface area contributed by atoms with Crippen molar-refractivity contribution in [3.63, 3.8) is 0 Å². The number of aryl methyl sites for hydroxylation is 1. The van der Waals surface area contributed by atoms with E-state index in [9.17, 15) is 0 Å². The molecule has 6 heteroatoms. The molecule has 0 amide bonds. The van der Waals surface area contributed by atoms with Gasteiger partial charge in [0.05, 0.1) is 6.33 Å². The van der Waals surface area contributed by atoms with Crippen molar-refractivity contribution in [2.45, 2.75) is 20.4 Å². The van der Waals surface area contributed by atoms with E-state index in [-0.39, 0.29) is 5.49 Å². The van der Waals surface area contributed by atoms with Crippen molar-refractivity contribution in [1.29, 1.82) is 5.41 Å². The van der Waals surface area contributed by atoms with Gasteiger partial charge in [0.25, 0.3) is 0 Å². The fourth-order valence-electron chi connectivity index (χ4n) is 1.42. The summed E-state index contributed by atoms with van der Waals surface area (Å²) in [6.45, 7) is 5.16. The number of hydrogen-bond acceptors (Lipinski definition) is 4. The third kappa shape index (κ3) is 1.47. The van der Waals surface area contributed by atoms with Gasteiger partial charge in [-0.15, -0.1) is 0 Å². The predicted octanol–water partition coefficient (Wildman–Crippen LogP) is 0.181. The average Bonchev–Trinajstić information content (AvgIpc) is 2.66. The maximum atomic E-state index is 7.85. The Labute approximate surface area is 86.6 Å². The predicted molar refractivity (Wildman–Crippen MR) is 54.2 cm³/mol. The van der Waals surface area contributed by atoms with Crippen LogP contribution in [-0.2, 0) is 6.54 Å². The summed E-state index contributed by atoms with van der Waals surface area (Å²) in [5, 5.41) is 7.85. The summed E-state index contributed by atoms with van der Waals surface area (Å²) in [6, 6.07) is 0. The van der Waals surface area contributed by atoms with Crippen LogP contribution in [0.25, 0.3) is 11.2 Å². The van der Waals surface area contributed by atoms with Crippen LogP contribution in [0.3, 0.4) is 0 Å². The molecule has 0 aromatic carbocycles. The van der Waals surface area contributed by atoms with E-state index in [2.05, 4.69) is 9.97 Å². The van der Waals surface area contributed by atoms with Gasteiger partial charge in [-0.05, 0) is 13.8 Å². The highest BCUT2D eigenvalue weighted by Crippen LogP contribution is 2.03. The first kappa shape index (κ1) is 9.70. The van der Waals surface area contributed by atoms with Gasteiger partial charge in [0.15, 0.2) is 16.7 Å². The van der Waals surface area contributed by atoms with Gasteiger partial charge in [-0.25, -0.2) is 9.97 Å². The smallest absolute Gasteiger partial charge is 0.192 e. The standard InChI is InChI=1S/C9H13N5O/c1-3-13-5-11-7-8(10)14(15-4-2)6-12-9(7)13/h5-6,10H,3-4H2,1-2H3. The van der Waals surface area contributed by atoms with Crippen LogP contribution >= 0.6 is 0 Å². The SMILES string of the molecule is CCOn1cnc2c(ncn2CC)c1=N. The van der Waals surface area contributed by atoms with E-state index in [1.54, 1.807) is 6.33 Å². The molecule has 0 atom stereocenters. The van der Waals surface area contributed by atoms with Gasteiger partial charge in [-0.1, -0.05) is 0 Å². The summed E-state index contributed by atoms with van der Waals surface area (Å²) in [6.07, 6.45) is 3.19. The van der Waals surface area contributed by atoms with Crippen LogP contribution in [0, 0.1) is 5.41 Å². The molecule has 0 unspecified atom stereocenters. The van der Waals surface area contributed by atoms with E-state index in [0.717, 1.165) is 12.2 Å². The summed E-state index contributed by atoms with van der Waals surface area (Å²) < 4.78 is 3.22. The molecule has 0 aliphatic rings. The molecular weight excluding hydrogens is 194 g/mol. The van der Waals surface area contributed by atoms with Crippen molar-refractivity contribution >= 4 is 11.2 Å². The zero-order valence-corrected chi connectivity index (χ0v) is 8.77. The van der Waals surface area contributed by atoms with Crippen LogP contribution in [0.15, 0.2) is 12.7 Å². The van der Waals surface area contributed by atoms with Crippen molar-refractivity contribution in [3.05, 3.63) is 18.1 Å². The lowest BCUT2D eigenvalue weighted by molar-refractivity contribution is 0.108. The van der Waals surface area contributed by atoms with Gasteiger partial charge < -0.3 is 9.40 Å². The second-order valence-electron chi connectivity index (χ2n) is 3.04. The monoisotopic (exact) mass is 207 g/mol. The first-order valence-electron chi connectivity index (χ1n) is 4.88. The quantitative estimate of drug-likeness (QED) is 0.780. The normalized spacial score (nSPS) is 10.8. The average molecular weight is 207 g/mol. The van der Waals surface area contributed by atoms with Crippen molar-refractivity contribution in [2.24, 2.45) is 0 Å². The second kappa shape index (κ2) is 3.72. The zero-order chi connectivity index (χ0) is 10.8. The van der Waals surface area contributed by atoms with Gasteiger partial charge in [-0.2, -0.15) is 4.73 Å². The van der Waals surface area contributed by atoms with Gasteiger partial charge in [0, 0.05) is 6.54 Å². The highest BCUT2D eigenvalue weighted by Gasteiger charge is 2.06. The van der Waals surface area contributed by atoms with E-state index < -0.39 is 0 Å². The molecule has 15 heavy (non-hydrogen) atoms. The lowest BCUT2D eigenvalue weighted by atomic mass is 10.5. The number of hydrogen-bond donors (Lipinski definition) is 1. The zero-order valence-electron chi connectivity index (χ0n) is 8.77. The van der Waals surface area contributed by atoms with Crippen LogP contribution < -0.4 is 10.3 Å². The van der Waals surface area contributed by atoms with E-state index >= 15 is 0 Å². The molecule has 2 heterocycles. The van der Waals surface area contributed by atoms with Crippen LogP contribution in [0.5, 0.6) is 0 Å².